The van der Waals surface area contributed by atoms with Crippen molar-refractivity contribution in [1.82, 2.24) is 9.55 Å². The van der Waals surface area contributed by atoms with E-state index in [4.69, 9.17) is 17.1 Å². The molecule has 0 spiro atoms. The fraction of sp³-hybridized carbons (Fsp3) is 0.189. The first kappa shape index (κ1) is 20.0. The molecule has 7 rings (SSSR count). The molecule has 0 saturated carbocycles. The van der Waals surface area contributed by atoms with Gasteiger partial charge in [0.2, 0.25) is 0 Å². The van der Waals surface area contributed by atoms with Gasteiger partial charge in [-0.2, -0.15) is 12.7 Å². The molecule has 2 aromatic heterocycles. The molecule has 0 aliphatic carbocycles. The van der Waals surface area contributed by atoms with Crippen molar-refractivity contribution in [2.75, 3.05) is 16.8 Å². The molecule has 220 valence electrons. The summed E-state index contributed by atoms with van der Waals surface area (Å²) >= 11 is 0. The number of nitrogens with zero attached hydrogens (tertiary/aromatic N) is 4. The van der Waals surface area contributed by atoms with Gasteiger partial charge in [0.05, 0.1) is 0 Å². The van der Waals surface area contributed by atoms with Crippen LogP contribution < -0.4 is 14.5 Å². The van der Waals surface area contributed by atoms with Crippen LogP contribution in [-0.2, 0) is 26.5 Å². The van der Waals surface area contributed by atoms with Crippen LogP contribution in [0.4, 0.5) is 17.1 Å². The molecule has 43 heavy (non-hydrogen) atoms. The number of hydrogen-bond donors (Lipinski definition) is 0. The summed E-state index contributed by atoms with van der Waals surface area (Å²) in [6.07, 6.45) is 1.11. The predicted octanol–water partition coefficient (Wildman–Crippen LogP) is 9.19. The maximum Gasteiger partial charge on any atom is 0.135 e. The first-order chi connectivity index (χ1) is 23.8. The van der Waals surface area contributed by atoms with Crippen LogP contribution in [0.1, 0.15) is 49.8 Å². The Hall–Kier alpha value is -4.08. The van der Waals surface area contributed by atoms with Crippen molar-refractivity contribution in [3.63, 3.8) is 0 Å². The van der Waals surface area contributed by atoms with E-state index in [9.17, 15) is 0 Å². The Balaban J connectivity index is 0.00000464. The van der Waals surface area contributed by atoms with Gasteiger partial charge in [-0.25, -0.2) is 4.98 Å². The molecule has 0 fully saturated rings. The normalized spacial score (nSPS) is 17.0. The van der Waals surface area contributed by atoms with E-state index in [1.165, 1.54) is 11.0 Å². The third kappa shape index (κ3) is 5.10. The Labute approximate surface area is 280 Å². The number of para-hydroxylation sites is 3. The number of aryl methyl sites for hydroxylation is 2. The number of anilines is 3. The third-order valence-electron chi connectivity index (χ3n) is 7.48. The largest absolute Gasteiger partial charge is 0.509 e. The van der Waals surface area contributed by atoms with Gasteiger partial charge in [-0.15, -0.1) is 47.0 Å². The van der Waals surface area contributed by atoms with Crippen LogP contribution in [0.5, 0.6) is 11.5 Å². The smallest absolute Gasteiger partial charge is 0.135 e. The summed E-state index contributed by atoms with van der Waals surface area (Å²) in [7, 11) is 0. The molecule has 0 saturated heterocycles. The summed E-state index contributed by atoms with van der Waals surface area (Å²) in [6.45, 7) is -0.00433. The predicted molar refractivity (Wildman–Crippen MR) is 172 cm³/mol. The second-order valence-electron chi connectivity index (χ2n) is 11.3. The molecule has 6 heteroatoms. The second kappa shape index (κ2) is 10.9. The Morgan fingerprint density at radius 3 is 2.42 bits per heavy atom. The topological polar surface area (TPSA) is 33.5 Å². The van der Waals surface area contributed by atoms with E-state index >= 15 is 0 Å². The van der Waals surface area contributed by atoms with Crippen LogP contribution in [0.15, 0.2) is 85.1 Å². The Kier molecular flexibility index (Phi) is 5.06. The van der Waals surface area contributed by atoms with Crippen LogP contribution >= 0.6 is 0 Å². The molecule has 0 unspecified atom stereocenters. The fourth-order valence-corrected chi connectivity index (χ4v) is 5.31. The SMILES string of the molecule is [2H]C([2H])([2H])c1cnc(-n2c3[c-]c(Oc4[c-]c(N5[CH-]N(C([2H])([2H])[2H])c6ccccc65)cc(C(C)(C)C)c4)ccc3c3ccccc32)cc1C([2H])([2H])[2H].[Pt]. The van der Waals surface area contributed by atoms with Crippen LogP contribution in [-0.4, -0.2) is 16.5 Å². The molecule has 0 radical (unpaired) electrons. The fourth-order valence-electron chi connectivity index (χ4n) is 5.31. The van der Waals surface area contributed by atoms with Crippen molar-refractivity contribution in [2.24, 2.45) is 0 Å². The molecule has 0 N–H and O–H groups in total. The van der Waals surface area contributed by atoms with E-state index in [1.54, 1.807) is 34.3 Å². The van der Waals surface area contributed by atoms with Gasteiger partial charge < -0.3 is 19.1 Å². The molecule has 0 bridgehead atoms. The van der Waals surface area contributed by atoms with Crippen LogP contribution in [0, 0.1) is 32.5 Å². The maximum absolute atomic E-state index is 8.11. The van der Waals surface area contributed by atoms with Gasteiger partial charge in [0.25, 0.3) is 0 Å². The molecule has 6 aromatic rings. The summed E-state index contributed by atoms with van der Waals surface area (Å²) in [5.41, 5.74) is 3.07. The van der Waals surface area contributed by atoms with Crippen molar-refractivity contribution in [2.45, 2.75) is 39.9 Å². The van der Waals surface area contributed by atoms with Crippen molar-refractivity contribution < 1.29 is 38.1 Å². The molecule has 1 aliphatic rings. The summed E-state index contributed by atoms with van der Waals surface area (Å²) in [6, 6.07) is 30.3. The first-order valence-electron chi connectivity index (χ1n) is 18.1. The third-order valence-corrected chi connectivity index (χ3v) is 7.48. The summed E-state index contributed by atoms with van der Waals surface area (Å²) in [4.78, 5) is 7.49. The Morgan fingerprint density at radius 2 is 1.63 bits per heavy atom. The average Bonchev–Trinajstić information content (AvgIpc) is 3.60. The standard InChI is InChI=1S/C37H33N4O.Pt/c1-24-17-36(38-22-25(24)2)41-32-12-8-7-11-30(32)31-16-15-28(21-35(31)41)42-29-19-26(37(3,4)5)18-27(20-29)40-23-39(6)33-13-9-10-14-34(33)40;/h7-19,22-23H,1-6H3;/q-3;/i1D3,2D3,6D3;. The van der Waals surface area contributed by atoms with Crippen LogP contribution in [0.25, 0.3) is 27.6 Å². The molecular weight excluding hydrogens is 712 g/mol. The van der Waals surface area contributed by atoms with Crippen LogP contribution in [0.3, 0.4) is 0 Å². The van der Waals surface area contributed by atoms with E-state index < -0.39 is 20.7 Å². The number of fused-ring (bicyclic) bond motifs is 4. The van der Waals surface area contributed by atoms with E-state index in [0.29, 0.717) is 34.1 Å². The zero-order valence-electron chi connectivity index (χ0n) is 32.7. The van der Waals surface area contributed by atoms with Gasteiger partial charge >= 0.3 is 0 Å². The molecule has 5 nitrogen and oxygen atoms in total. The number of benzene rings is 4. The van der Waals surface area contributed by atoms with Gasteiger partial charge in [0, 0.05) is 68.0 Å². The molecule has 0 amide bonds. The monoisotopic (exact) mass is 753 g/mol. The zero-order chi connectivity index (χ0) is 36.7. The number of pyridine rings is 1. The Bertz CT molecular complexity index is 2310. The minimum absolute atomic E-state index is 0. The first-order valence-corrected chi connectivity index (χ1v) is 13.6. The molecule has 4 aromatic carbocycles. The number of aromatic nitrogens is 2. The molecular formula is C37H33N4OPt-3. The van der Waals surface area contributed by atoms with Crippen molar-refractivity contribution in [3.05, 3.63) is 121 Å². The van der Waals surface area contributed by atoms with Crippen molar-refractivity contribution in [3.8, 4) is 17.3 Å². The Morgan fingerprint density at radius 1 is 0.837 bits per heavy atom. The van der Waals surface area contributed by atoms with Gasteiger partial charge in [-0.3, -0.25) is 0 Å². The van der Waals surface area contributed by atoms with Gasteiger partial charge in [-0.1, -0.05) is 56.6 Å². The minimum atomic E-state index is -2.70. The van der Waals surface area contributed by atoms with Crippen molar-refractivity contribution >= 4 is 38.9 Å². The van der Waals surface area contributed by atoms with E-state index in [2.05, 4.69) is 37.9 Å². The summed E-state index contributed by atoms with van der Waals surface area (Å²) in [5, 5.41) is 1.66. The average molecular weight is 754 g/mol. The maximum atomic E-state index is 8.11. The minimum Gasteiger partial charge on any atom is -0.509 e. The van der Waals surface area contributed by atoms with Gasteiger partial charge in [-0.05, 0) is 66.9 Å². The summed E-state index contributed by atoms with van der Waals surface area (Å²) < 4.78 is 80.6. The van der Waals surface area contributed by atoms with E-state index in [1.807, 2.05) is 54.6 Å². The number of ether oxygens (including phenoxy) is 1. The quantitative estimate of drug-likeness (QED) is 0.168. The van der Waals surface area contributed by atoms with E-state index in [-0.39, 0.29) is 43.4 Å². The number of rotatable bonds is 4. The molecule has 1 aliphatic heterocycles. The van der Waals surface area contributed by atoms with Gasteiger partial charge in [0.15, 0.2) is 0 Å². The van der Waals surface area contributed by atoms with E-state index in [0.717, 1.165) is 28.0 Å². The number of hydrogen-bond acceptors (Lipinski definition) is 4. The molecule has 0 atom stereocenters. The van der Waals surface area contributed by atoms with Crippen molar-refractivity contribution in [1.29, 1.82) is 0 Å². The summed E-state index contributed by atoms with van der Waals surface area (Å²) in [5.74, 6) is 0.933. The second-order valence-corrected chi connectivity index (χ2v) is 11.3. The molecule has 3 heterocycles. The van der Waals surface area contributed by atoms with Gasteiger partial charge in [0.1, 0.15) is 5.82 Å². The van der Waals surface area contributed by atoms with Crippen LogP contribution in [0.2, 0.25) is 0 Å². The zero-order valence-corrected chi connectivity index (χ0v) is 25.9.